The molecule has 28 heavy (non-hydrogen) atoms. The molecule has 1 heterocycles. The second-order valence-corrected chi connectivity index (χ2v) is 7.41. The Hall–Kier alpha value is -1.46. The van der Waals surface area contributed by atoms with Gasteiger partial charge in [0, 0.05) is 25.6 Å². The largest absolute Gasteiger partial charge is 0.384 e. The molecule has 1 saturated heterocycles. The molecule has 2 atom stereocenters. The Labute approximate surface area is 173 Å². The van der Waals surface area contributed by atoms with E-state index in [2.05, 4.69) is 24.0 Å². The number of nitrogens with zero attached hydrogens (tertiary/aromatic N) is 1. The van der Waals surface area contributed by atoms with Gasteiger partial charge in [-0.1, -0.05) is 62.2 Å². The molecule has 2 unspecified atom stereocenters. The lowest BCUT2D eigenvalue weighted by Crippen LogP contribution is -2.45. The number of aliphatic hydroxyl groups is 1. The molecule has 3 rings (SSSR count). The summed E-state index contributed by atoms with van der Waals surface area (Å²) in [5.41, 5.74) is 0.870. The van der Waals surface area contributed by atoms with Gasteiger partial charge in [0.2, 0.25) is 0 Å². The van der Waals surface area contributed by atoms with Crippen LogP contribution >= 0.6 is 12.4 Å². The lowest BCUT2D eigenvalue weighted by Gasteiger charge is -2.41. The molecule has 5 heteroatoms. The molecule has 1 N–H and O–H groups in total. The van der Waals surface area contributed by atoms with Crippen LogP contribution < -0.4 is 0 Å². The second-order valence-electron chi connectivity index (χ2n) is 7.41. The van der Waals surface area contributed by atoms with Crippen molar-refractivity contribution >= 4 is 12.4 Å². The van der Waals surface area contributed by atoms with Crippen molar-refractivity contribution in [3.63, 3.8) is 0 Å². The Bertz CT molecular complexity index is 692. The van der Waals surface area contributed by atoms with E-state index in [9.17, 15) is 9.50 Å². The van der Waals surface area contributed by atoms with Crippen molar-refractivity contribution in [2.45, 2.75) is 37.7 Å². The molecule has 1 fully saturated rings. The maximum atomic E-state index is 13.5. The lowest BCUT2D eigenvalue weighted by atomic mass is 9.74. The summed E-state index contributed by atoms with van der Waals surface area (Å²) in [6, 6.07) is 16.6. The zero-order chi connectivity index (χ0) is 19.1. The van der Waals surface area contributed by atoms with Crippen LogP contribution in [0, 0.1) is 5.82 Å². The maximum Gasteiger partial charge on any atom is 0.123 e. The van der Waals surface area contributed by atoms with Gasteiger partial charge < -0.3 is 9.84 Å². The molecule has 0 saturated carbocycles. The Kier molecular flexibility index (Phi) is 8.90. The molecule has 0 amide bonds. The van der Waals surface area contributed by atoms with Crippen LogP contribution in [0.15, 0.2) is 54.6 Å². The highest BCUT2D eigenvalue weighted by atomic mass is 35.5. The molecule has 0 bridgehead atoms. The molecule has 3 nitrogen and oxygen atoms in total. The lowest BCUT2D eigenvalue weighted by molar-refractivity contribution is -0.0294. The van der Waals surface area contributed by atoms with Gasteiger partial charge in [0.25, 0.3) is 0 Å². The minimum Gasteiger partial charge on any atom is -0.384 e. The fourth-order valence-corrected chi connectivity index (χ4v) is 3.96. The van der Waals surface area contributed by atoms with Crippen LogP contribution in [0.1, 0.15) is 43.2 Å². The molecule has 0 spiro atoms. The van der Waals surface area contributed by atoms with Crippen molar-refractivity contribution < 1.29 is 14.2 Å². The zero-order valence-electron chi connectivity index (χ0n) is 16.5. The molecule has 0 aliphatic carbocycles. The number of rotatable bonds is 8. The Balaban J connectivity index is 0.00000280. The third-order valence-electron chi connectivity index (χ3n) is 5.58. The standard InChI is InChI=1S/C23H30FNO2.ClH/c1-2-3-13-23(26,20-9-11-21(24)12-10-20)22(19-7-5-4-6-8-19)18-25-14-16-27-17-15-25;/h4-12,22,26H,2-3,13-18H2,1H3;1H. The summed E-state index contributed by atoms with van der Waals surface area (Å²) >= 11 is 0. The van der Waals surface area contributed by atoms with Crippen molar-refractivity contribution in [1.82, 2.24) is 4.90 Å². The van der Waals surface area contributed by atoms with Crippen molar-refractivity contribution in [3.8, 4) is 0 Å². The molecule has 0 aromatic heterocycles. The number of halogens is 2. The highest BCUT2D eigenvalue weighted by molar-refractivity contribution is 5.85. The minimum atomic E-state index is -1.04. The number of hydrogen-bond donors (Lipinski definition) is 1. The van der Waals surface area contributed by atoms with Crippen LogP contribution in [-0.4, -0.2) is 42.9 Å². The summed E-state index contributed by atoms with van der Waals surface area (Å²) in [7, 11) is 0. The third-order valence-corrected chi connectivity index (χ3v) is 5.58. The summed E-state index contributed by atoms with van der Waals surface area (Å²) < 4.78 is 19.0. The monoisotopic (exact) mass is 407 g/mol. The number of benzene rings is 2. The smallest absolute Gasteiger partial charge is 0.123 e. The van der Waals surface area contributed by atoms with Crippen LogP contribution in [0.4, 0.5) is 4.39 Å². The highest BCUT2D eigenvalue weighted by Gasteiger charge is 2.40. The van der Waals surface area contributed by atoms with Gasteiger partial charge in [0.15, 0.2) is 0 Å². The predicted octanol–water partition coefficient (Wildman–Crippen LogP) is 4.74. The topological polar surface area (TPSA) is 32.7 Å². The Morgan fingerprint density at radius 2 is 1.71 bits per heavy atom. The van der Waals surface area contributed by atoms with Gasteiger partial charge in [0.05, 0.1) is 18.8 Å². The molecule has 1 aliphatic rings. The van der Waals surface area contributed by atoms with E-state index in [1.807, 2.05) is 18.2 Å². The first-order chi connectivity index (χ1) is 13.1. The molecule has 2 aromatic rings. The van der Waals surface area contributed by atoms with Crippen LogP contribution in [0.3, 0.4) is 0 Å². The fraction of sp³-hybridized carbons (Fsp3) is 0.478. The summed E-state index contributed by atoms with van der Waals surface area (Å²) in [4.78, 5) is 2.36. The van der Waals surface area contributed by atoms with Gasteiger partial charge >= 0.3 is 0 Å². The van der Waals surface area contributed by atoms with E-state index in [0.29, 0.717) is 6.42 Å². The van der Waals surface area contributed by atoms with Crippen LogP contribution in [0.5, 0.6) is 0 Å². The van der Waals surface area contributed by atoms with E-state index in [4.69, 9.17) is 4.74 Å². The van der Waals surface area contributed by atoms with E-state index in [0.717, 1.165) is 56.8 Å². The van der Waals surface area contributed by atoms with E-state index >= 15 is 0 Å². The SMILES string of the molecule is CCCCC(O)(c1ccc(F)cc1)C(CN1CCOCC1)c1ccccc1.Cl. The third kappa shape index (κ3) is 5.54. The Morgan fingerprint density at radius 1 is 1.07 bits per heavy atom. The van der Waals surface area contributed by atoms with Crippen LogP contribution in [-0.2, 0) is 10.3 Å². The summed E-state index contributed by atoms with van der Waals surface area (Å²) in [6.07, 6.45) is 2.57. The van der Waals surface area contributed by atoms with E-state index in [-0.39, 0.29) is 24.1 Å². The zero-order valence-corrected chi connectivity index (χ0v) is 17.3. The van der Waals surface area contributed by atoms with Crippen molar-refractivity contribution in [3.05, 3.63) is 71.5 Å². The average molecular weight is 408 g/mol. The fourth-order valence-electron chi connectivity index (χ4n) is 3.96. The molecule has 154 valence electrons. The predicted molar refractivity (Wildman–Crippen MR) is 114 cm³/mol. The minimum absolute atomic E-state index is 0. The first kappa shape index (κ1) is 22.8. The van der Waals surface area contributed by atoms with Gasteiger partial charge in [-0.05, 0) is 29.7 Å². The van der Waals surface area contributed by atoms with Gasteiger partial charge in [-0.25, -0.2) is 4.39 Å². The number of morpholine rings is 1. The second kappa shape index (κ2) is 10.9. The van der Waals surface area contributed by atoms with Gasteiger partial charge in [-0.15, -0.1) is 12.4 Å². The van der Waals surface area contributed by atoms with Crippen molar-refractivity contribution in [1.29, 1.82) is 0 Å². The summed E-state index contributed by atoms with van der Waals surface area (Å²) in [5.74, 6) is -0.366. The van der Waals surface area contributed by atoms with Gasteiger partial charge in [0.1, 0.15) is 5.82 Å². The van der Waals surface area contributed by atoms with Crippen molar-refractivity contribution in [2.75, 3.05) is 32.8 Å². The maximum absolute atomic E-state index is 13.5. The van der Waals surface area contributed by atoms with Gasteiger partial charge in [-0.2, -0.15) is 0 Å². The molecular formula is C23H31ClFNO2. The highest BCUT2D eigenvalue weighted by Crippen LogP contribution is 2.41. The molecule has 1 aliphatic heterocycles. The van der Waals surface area contributed by atoms with E-state index in [1.165, 1.54) is 12.1 Å². The van der Waals surface area contributed by atoms with Crippen molar-refractivity contribution in [2.24, 2.45) is 0 Å². The molecule has 0 radical (unpaired) electrons. The molecule has 2 aromatic carbocycles. The number of unbranched alkanes of at least 4 members (excludes halogenated alkanes) is 1. The normalized spacial score (nSPS) is 18.1. The van der Waals surface area contributed by atoms with Gasteiger partial charge in [-0.3, -0.25) is 4.90 Å². The Morgan fingerprint density at radius 3 is 2.32 bits per heavy atom. The van der Waals surface area contributed by atoms with Crippen LogP contribution in [0.2, 0.25) is 0 Å². The number of hydrogen-bond acceptors (Lipinski definition) is 3. The summed E-state index contributed by atoms with van der Waals surface area (Å²) in [6.45, 7) is 6.08. The van der Waals surface area contributed by atoms with E-state index in [1.54, 1.807) is 12.1 Å². The first-order valence-electron chi connectivity index (χ1n) is 9.97. The average Bonchev–Trinajstić information content (AvgIpc) is 2.72. The van der Waals surface area contributed by atoms with E-state index < -0.39 is 5.60 Å². The quantitative estimate of drug-likeness (QED) is 0.685. The molecular weight excluding hydrogens is 377 g/mol. The van der Waals surface area contributed by atoms with Crippen LogP contribution in [0.25, 0.3) is 0 Å². The summed E-state index contributed by atoms with van der Waals surface area (Å²) in [5, 5.41) is 12.0. The first-order valence-corrected chi connectivity index (χ1v) is 9.97. The number of ether oxygens (including phenoxy) is 1.